The Bertz CT molecular complexity index is 1000. The second-order valence-corrected chi connectivity index (χ2v) is 8.92. The Balaban J connectivity index is 1.84. The summed E-state index contributed by atoms with van der Waals surface area (Å²) in [6, 6.07) is 16.8. The molecule has 33 heavy (non-hydrogen) atoms. The Labute approximate surface area is 195 Å². The highest BCUT2D eigenvalue weighted by Gasteiger charge is 2.51. The standard InChI is InChI=1S/C26H32N2O5/c1-17(2)28-25(31)26(33-16-20-10-5-4-8-18(20)3)12-22(29)24(30)23(13-26)32-15-21-11-7-6-9-19(21)14-27/h4-11,17,22-24,29-30H,12-13,15-16H2,1-3H3,(H,28,31)/t22-,23?,24-,26+/m1/s1. The molecule has 1 aliphatic carbocycles. The van der Waals surface area contributed by atoms with Gasteiger partial charge in [-0.25, -0.2) is 0 Å². The summed E-state index contributed by atoms with van der Waals surface area (Å²) < 4.78 is 12.2. The van der Waals surface area contributed by atoms with Crippen molar-refractivity contribution in [3.05, 3.63) is 70.8 Å². The molecule has 4 atom stereocenters. The van der Waals surface area contributed by atoms with E-state index in [0.29, 0.717) is 11.1 Å². The molecule has 0 radical (unpaired) electrons. The van der Waals surface area contributed by atoms with Gasteiger partial charge in [-0.3, -0.25) is 4.79 Å². The monoisotopic (exact) mass is 452 g/mol. The summed E-state index contributed by atoms with van der Waals surface area (Å²) in [5.74, 6) is -0.344. The quantitative estimate of drug-likeness (QED) is 0.568. The molecular weight excluding hydrogens is 420 g/mol. The van der Waals surface area contributed by atoms with Gasteiger partial charge in [-0.05, 0) is 43.5 Å². The molecule has 176 valence electrons. The van der Waals surface area contributed by atoms with Crippen LogP contribution in [0.15, 0.2) is 48.5 Å². The van der Waals surface area contributed by atoms with Crippen molar-refractivity contribution in [3.8, 4) is 6.07 Å². The molecule has 0 saturated heterocycles. The van der Waals surface area contributed by atoms with Crippen LogP contribution in [-0.4, -0.2) is 46.1 Å². The van der Waals surface area contributed by atoms with Crippen LogP contribution in [-0.2, 0) is 27.5 Å². The van der Waals surface area contributed by atoms with Crippen LogP contribution in [0.25, 0.3) is 0 Å². The van der Waals surface area contributed by atoms with Crippen LogP contribution >= 0.6 is 0 Å². The fraction of sp³-hybridized carbons (Fsp3) is 0.462. The van der Waals surface area contributed by atoms with E-state index in [4.69, 9.17) is 9.47 Å². The number of benzene rings is 2. The third-order valence-electron chi connectivity index (χ3n) is 6.03. The van der Waals surface area contributed by atoms with Crippen molar-refractivity contribution in [1.82, 2.24) is 5.32 Å². The van der Waals surface area contributed by atoms with Gasteiger partial charge in [0, 0.05) is 18.9 Å². The lowest BCUT2D eigenvalue weighted by molar-refractivity contribution is -0.200. The molecule has 1 unspecified atom stereocenters. The molecule has 3 rings (SSSR count). The number of hydrogen-bond acceptors (Lipinski definition) is 6. The molecule has 7 nitrogen and oxygen atoms in total. The van der Waals surface area contributed by atoms with E-state index in [0.717, 1.165) is 11.1 Å². The Morgan fingerprint density at radius 2 is 1.79 bits per heavy atom. The van der Waals surface area contributed by atoms with Crippen molar-refractivity contribution in [2.45, 2.75) is 76.8 Å². The Morgan fingerprint density at radius 3 is 2.45 bits per heavy atom. The fourth-order valence-electron chi connectivity index (χ4n) is 4.10. The third kappa shape index (κ3) is 5.98. The predicted octanol–water partition coefficient (Wildman–Crippen LogP) is 2.75. The number of hydrogen-bond donors (Lipinski definition) is 3. The molecule has 1 fully saturated rings. The first-order valence-electron chi connectivity index (χ1n) is 11.2. The van der Waals surface area contributed by atoms with Gasteiger partial charge in [-0.15, -0.1) is 0 Å². The number of nitrogens with zero attached hydrogens (tertiary/aromatic N) is 1. The molecular formula is C26H32N2O5. The summed E-state index contributed by atoms with van der Waals surface area (Å²) in [6.45, 7) is 5.93. The number of carbonyl (C=O) groups is 1. The first-order valence-corrected chi connectivity index (χ1v) is 11.2. The van der Waals surface area contributed by atoms with E-state index in [-0.39, 0.29) is 38.0 Å². The van der Waals surface area contributed by atoms with E-state index in [9.17, 15) is 20.3 Å². The average molecular weight is 453 g/mol. The molecule has 0 aliphatic heterocycles. The number of aliphatic hydroxyl groups excluding tert-OH is 2. The molecule has 0 heterocycles. The number of nitrogens with one attached hydrogen (secondary N) is 1. The molecule has 0 aromatic heterocycles. The number of ether oxygens (including phenoxy) is 2. The summed E-state index contributed by atoms with van der Waals surface area (Å²) in [4.78, 5) is 13.3. The van der Waals surface area contributed by atoms with Crippen LogP contribution in [0.1, 0.15) is 48.9 Å². The number of aryl methyl sites for hydroxylation is 1. The lowest BCUT2D eigenvalue weighted by atomic mass is 9.78. The maximum atomic E-state index is 13.3. The minimum absolute atomic E-state index is 0.0484. The van der Waals surface area contributed by atoms with Crippen molar-refractivity contribution in [3.63, 3.8) is 0 Å². The van der Waals surface area contributed by atoms with Gasteiger partial charge < -0.3 is 25.0 Å². The highest BCUT2D eigenvalue weighted by atomic mass is 16.5. The second-order valence-electron chi connectivity index (χ2n) is 8.92. The summed E-state index contributed by atoms with van der Waals surface area (Å²) in [5.41, 5.74) is 1.75. The minimum Gasteiger partial charge on any atom is -0.390 e. The van der Waals surface area contributed by atoms with Gasteiger partial charge in [0.2, 0.25) is 0 Å². The third-order valence-corrected chi connectivity index (χ3v) is 6.03. The van der Waals surface area contributed by atoms with Crippen molar-refractivity contribution < 1.29 is 24.5 Å². The normalized spacial score (nSPS) is 24.9. The van der Waals surface area contributed by atoms with Crippen molar-refractivity contribution in [1.29, 1.82) is 5.26 Å². The number of nitriles is 1. The Kier molecular flexibility index (Phi) is 8.22. The summed E-state index contributed by atoms with van der Waals surface area (Å²) in [5, 5.41) is 33.5. The molecule has 1 aliphatic rings. The van der Waals surface area contributed by atoms with Gasteiger partial charge in [0.15, 0.2) is 5.60 Å². The molecule has 0 spiro atoms. The van der Waals surface area contributed by atoms with Gasteiger partial charge in [0.1, 0.15) is 6.10 Å². The first-order chi connectivity index (χ1) is 15.8. The van der Waals surface area contributed by atoms with Gasteiger partial charge in [-0.2, -0.15) is 5.26 Å². The van der Waals surface area contributed by atoms with Crippen LogP contribution in [0, 0.1) is 18.3 Å². The lowest BCUT2D eigenvalue weighted by Gasteiger charge is -2.44. The van der Waals surface area contributed by atoms with Gasteiger partial charge in [0.05, 0.1) is 37.1 Å². The molecule has 0 bridgehead atoms. The van der Waals surface area contributed by atoms with Crippen molar-refractivity contribution in [2.75, 3.05) is 0 Å². The largest absolute Gasteiger partial charge is 0.390 e. The molecule has 2 aromatic carbocycles. The van der Waals surface area contributed by atoms with Crippen LogP contribution in [0.4, 0.5) is 0 Å². The number of carbonyl (C=O) groups excluding carboxylic acids is 1. The van der Waals surface area contributed by atoms with Crippen LogP contribution in [0.5, 0.6) is 0 Å². The fourth-order valence-corrected chi connectivity index (χ4v) is 4.10. The van der Waals surface area contributed by atoms with E-state index in [1.54, 1.807) is 24.3 Å². The number of rotatable bonds is 8. The van der Waals surface area contributed by atoms with Crippen LogP contribution < -0.4 is 5.32 Å². The zero-order valence-corrected chi connectivity index (χ0v) is 19.3. The van der Waals surface area contributed by atoms with Crippen molar-refractivity contribution >= 4 is 5.91 Å². The topological polar surface area (TPSA) is 112 Å². The zero-order chi connectivity index (χ0) is 24.0. The predicted molar refractivity (Wildman–Crippen MR) is 123 cm³/mol. The highest BCUT2D eigenvalue weighted by Crippen LogP contribution is 2.36. The number of aliphatic hydroxyl groups is 2. The summed E-state index contributed by atoms with van der Waals surface area (Å²) in [6.07, 6.45) is -3.21. The van der Waals surface area contributed by atoms with Gasteiger partial charge in [-0.1, -0.05) is 42.5 Å². The van der Waals surface area contributed by atoms with E-state index < -0.39 is 23.9 Å². The average Bonchev–Trinajstić information content (AvgIpc) is 2.79. The molecule has 7 heteroatoms. The van der Waals surface area contributed by atoms with E-state index in [1.807, 2.05) is 45.0 Å². The summed E-state index contributed by atoms with van der Waals surface area (Å²) in [7, 11) is 0. The SMILES string of the molecule is Cc1ccccc1CO[C@]1(C(=O)NC(C)C)CC(OCc2ccccc2C#N)[C@H](O)[C@H](O)C1. The minimum atomic E-state index is -1.37. The maximum absolute atomic E-state index is 13.3. The van der Waals surface area contributed by atoms with E-state index in [2.05, 4.69) is 11.4 Å². The van der Waals surface area contributed by atoms with Crippen LogP contribution in [0.2, 0.25) is 0 Å². The maximum Gasteiger partial charge on any atom is 0.252 e. The molecule has 1 saturated carbocycles. The molecule has 1 amide bonds. The first kappa shape index (κ1) is 24.9. The zero-order valence-electron chi connectivity index (χ0n) is 19.3. The van der Waals surface area contributed by atoms with E-state index in [1.165, 1.54) is 0 Å². The van der Waals surface area contributed by atoms with Crippen molar-refractivity contribution in [2.24, 2.45) is 0 Å². The lowest BCUT2D eigenvalue weighted by Crippen LogP contribution is -2.61. The summed E-state index contributed by atoms with van der Waals surface area (Å²) >= 11 is 0. The smallest absolute Gasteiger partial charge is 0.252 e. The highest BCUT2D eigenvalue weighted by molar-refractivity contribution is 5.85. The van der Waals surface area contributed by atoms with Gasteiger partial charge in [0.25, 0.3) is 5.91 Å². The Morgan fingerprint density at radius 1 is 1.12 bits per heavy atom. The Hall–Kier alpha value is -2.76. The van der Waals surface area contributed by atoms with Crippen LogP contribution in [0.3, 0.4) is 0 Å². The second kappa shape index (κ2) is 10.9. The van der Waals surface area contributed by atoms with E-state index >= 15 is 0 Å². The van der Waals surface area contributed by atoms with Gasteiger partial charge >= 0.3 is 0 Å². The number of amides is 1. The molecule has 2 aromatic rings. The molecule has 3 N–H and O–H groups in total.